The van der Waals surface area contributed by atoms with Crippen molar-refractivity contribution in [3.63, 3.8) is 0 Å². The smallest absolute Gasteiger partial charge is 0.211 e. The molecule has 0 bridgehead atoms. The molecule has 0 amide bonds. The third-order valence-corrected chi connectivity index (χ3v) is 5.37. The van der Waals surface area contributed by atoms with Gasteiger partial charge in [0.25, 0.3) is 0 Å². The number of piperidine rings is 1. The second-order valence-electron chi connectivity index (χ2n) is 5.22. The Bertz CT molecular complexity index is 333. The molecule has 0 aromatic carbocycles. The van der Waals surface area contributed by atoms with Crippen LogP contribution >= 0.6 is 11.8 Å². The molecule has 1 aliphatic heterocycles. The minimum atomic E-state index is -3.01. The molecule has 6 heteroatoms. The fourth-order valence-electron chi connectivity index (χ4n) is 2.26. The standard InChI is InChI=1S/C12H26N2O2S2/c1-11(6-8-17-2)13-9-12-5-4-7-14(10-12)18(3,15)16/h11-13H,4-10H2,1-3H3. The van der Waals surface area contributed by atoms with Gasteiger partial charge < -0.3 is 5.32 Å². The Hall–Kier alpha value is 0.220. The van der Waals surface area contributed by atoms with Gasteiger partial charge in [0, 0.05) is 19.1 Å². The Morgan fingerprint density at radius 2 is 2.22 bits per heavy atom. The molecule has 0 saturated carbocycles. The van der Waals surface area contributed by atoms with Crippen LogP contribution in [-0.2, 0) is 10.0 Å². The fraction of sp³-hybridized carbons (Fsp3) is 1.00. The average molecular weight is 294 g/mol. The molecule has 1 fully saturated rings. The van der Waals surface area contributed by atoms with Gasteiger partial charge in [-0.25, -0.2) is 12.7 Å². The van der Waals surface area contributed by atoms with Gasteiger partial charge in [-0.05, 0) is 50.7 Å². The van der Waals surface area contributed by atoms with E-state index in [0.717, 1.165) is 19.4 Å². The van der Waals surface area contributed by atoms with E-state index >= 15 is 0 Å². The van der Waals surface area contributed by atoms with E-state index in [4.69, 9.17) is 0 Å². The summed E-state index contributed by atoms with van der Waals surface area (Å²) in [5, 5.41) is 3.52. The second-order valence-corrected chi connectivity index (χ2v) is 8.19. The van der Waals surface area contributed by atoms with Gasteiger partial charge in [-0.15, -0.1) is 0 Å². The SMILES string of the molecule is CSCCC(C)NCC1CCCN(S(C)(=O)=O)C1. The molecule has 1 heterocycles. The number of hydrogen-bond donors (Lipinski definition) is 1. The zero-order chi connectivity index (χ0) is 13.6. The predicted molar refractivity (Wildman–Crippen MR) is 79.6 cm³/mol. The van der Waals surface area contributed by atoms with E-state index in [0.29, 0.717) is 25.0 Å². The second kappa shape index (κ2) is 7.72. The van der Waals surface area contributed by atoms with Crippen molar-refractivity contribution >= 4 is 21.8 Å². The number of rotatable bonds is 7. The van der Waals surface area contributed by atoms with Crippen molar-refractivity contribution in [2.45, 2.75) is 32.2 Å². The number of nitrogens with one attached hydrogen (secondary N) is 1. The minimum absolute atomic E-state index is 0.463. The maximum Gasteiger partial charge on any atom is 0.211 e. The van der Waals surface area contributed by atoms with E-state index in [1.807, 2.05) is 11.8 Å². The molecule has 1 aliphatic rings. The van der Waals surface area contributed by atoms with Gasteiger partial charge in [0.05, 0.1) is 6.26 Å². The molecule has 1 N–H and O–H groups in total. The van der Waals surface area contributed by atoms with Gasteiger partial charge >= 0.3 is 0 Å². The highest BCUT2D eigenvalue weighted by molar-refractivity contribution is 7.98. The Balaban J connectivity index is 2.30. The van der Waals surface area contributed by atoms with Gasteiger partial charge in [0.2, 0.25) is 10.0 Å². The lowest BCUT2D eigenvalue weighted by molar-refractivity contribution is 0.256. The Kier molecular flexibility index (Phi) is 6.98. The average Bonchev–Trinajstić information content (AvgIpc) is 2.33. The van der Waals surface area contributed by atoms with Gasteiger partial charge in [0.1, 0.15) is 0 Å². The number of hydrogen-bond acceptors (Lipinski definition) is 4. The maximum absolute atomic E-state index is 11.5. The van der Waals surface area contributed by atoms with Crippen LogP contribution in [0.15, 0.2) is 0 Å². The first kappa shape index (κ1) is 16.3. The summed E-state index contributed by atoms with van der Waals surface area (Å²) in [6.07, 6.45) is 6.72. The summed E-state index contributed by atoms with van der Waals surface area (Å²) in [7, 11) is -3.01. The van der Waals surface area contributed by atoms with Crippen LogP contribution in [0.25, 0.3) is 0 Å². The number of thioether (sulfide) groups is 1. The van der Waals surface area contributed by atoms with E-state index in [-0.39, 0.29) is 0 Å². The monoisotopic (exact) mass is 294 g/mol. The van der Waals surface area contributed by atoms with Crippen LogP contribution in [-0.4, -0.2) is 56.7 Å². The van der Waals surface area contributed by atoms with Crippen LogP contribution < -0.4 is 5.32 Å². The van der Waals surface area contributed by atoms with Crippen molar-refractivity contribution in [2.75, 3.05) is 37.9 Å². The summed E-state index contributed by atoms with van der Waals surface area (Å²) in [4.78, 5) is 0. The van der Waals surface area contributed by atoms with Crippen LogP contribution in [0, 0.1) is 5.92 Å². The molecule has 0 aromatic rings. The summed E-state index contributed by atoms with van der Waals surface area (Å²) >= 11 is 1.87. The lowest BCUT2D eigenvalue weighted by atomic mass is 9.99. The minimum Gasteiger partial charge on any atom is -0.314 e. The van der Waals surface area contributed by atoms with Crippen molar-refractivity contribution in [1.29, 1.82) is 0 Å². The van der Waals surface area contributed by atoms with Crippen LogP contribution in [0.2, 0.25) is 0 Å². The molecular formula is C12H26N2O2S2. The molecule has 0 spiro atoms. The first-order chi connectivity index (χ1) is 8.43. The molecular weight excluding hydrogens is 268 g/mol. The van der Waals surface area contributed by atoms with E-state index in [1.54, 1.807) is 4.31 Å². The summed E-state index contributed by atoms with van der Waals surface area (Å²) in [5.41, 5.74) is 0. The molecule has 2 unspecified atom stereocenters. The van der Waals surface area contributed by atoms with Crippen LogP contribution in [0.4, 0.5) is 0 Å². The molecule has 0 aromatic heterocycles. The van der Waals surface area contributed by atoms with Gasteiger partial charge in [0.15, 0.2) is 0 Å². The van der Waals surface area contributed by atoms with Gasteiger partial charge in [-0.2, -0.15) is 11.8 Å². The highest BCUT2D eigenvalue weighted by Gasteiger charge is 2.25. The lowest BCUT2D eigenvalue weighted by Gasteiger charge is -2.31. The molecule has 2 atom stereocenters. The van der Waals surface area contributed by atoms with Gasteiger partial charge in [-0.3, -0.25) is 0 Å². The van der Waals surface area contributed by atoms with Crippen LogP contribution in [0.5, 0.6) is 0 Å². The highest BCUT2D eigenvalue weighted by atomic mass is 32.2. The maximum atomic E-state index is 11.5. The molecule has 1 saturated heterocycles. The summed E-state index contributed by atoms with van der Waals surface area (Å²) in [5.74, 6) is 1.64. The van der Waals surface area contributed by atoms with Crippen LogP contribution in [0.1, 0.15) is 26.2 Å². The predicted octanol–water partition coefficient (Wildman–Crippen LogP) is 1.39. The van der Waals surface area contributed by atoms with Crippen molar-refractivity contribution in [3.05, 3.63) is 0 Å². The first-order valence-electron chi connectivity index (χ1n) is 6.61. The molecule has 108 valence electrons. The largest absolute Gasteiger partial charge is 0.314 e. The van der Waals surface area contributed by atoms with Crippen LogP contribution in [0.3, 0.4) is 0 Å². The van der Waals surface area contributed by atoms with Crippen molar-refractivity contribution < 1.29 is 8.42 Å². The van der Waals surface area contributed by atoms with Crippen molar-refractivity contribution in [1.82, 2.24) is 9.62 Å². The van der Waals surface area contributed by atoms with E-state index in [2.05, 4.69) is 18.5 Å². The van der Waals surface area contributed by atoms with Crippen molar-refractivity contribution in [3.8, 4) is 0 Å². The Morgan fingerprint density at radius 3 is 2.83 bits per heavy atom. The Morgan fingerprint density at radius 1 is 1.50 bits per heavy atom. The zero-order valence-corrected chi connectivity index (χ0v) is 13.3. The quantitative estimate of drug-likeness (QED) is 0.771. The normalized spacial score (nSPS) is 24.1. The molecule has 1 rings (SSSR count). The zero-order valence-electron chi connectivity index (χ0n) is 11.7. The summed E-state index contributed by atoms with van der Waals surface area (Å²) in [6, 6.07) is 0.520. The fourth-order valence-corrected chi connectivity index (χ4v) is 3.79. The van der Waals surface area contributed by atoms with E-state index in [9.17, 15) is 8.42 Å². The van der Waals surface area contributed by atoms with Crippen molar-refractivity contribution in [2.24, 2.45) is 5.92 Å². The van der Waals surface area contributed by atoms with E-state index in [1.165, 1.54) is 18.4 Å². The van der Waals surface area contributed by atoms with E-state index < -0.39 is 10.0 Å². The molecule has 0 radical (unpaired) electrons. The summed E-state index contributed by atoms with van der Waals surface area (Å²) in [6.45, 7) is 4.51. The highest BCUT2D eigenvalue weighted by Crippen LogP contribution is 2.18. The third kappa shape index (κ3) is 5.91. The molecule has 0 aliphatic carbocycles. The molecule has 4 nitrogen and oxygen atoms in total. The third-order valence-electron chi connectivity index (χ3n) is 3.46. The topological polar surface area (TPSA) is 49.4 Å². The number of sulfonamides is 1. The lowest BCUT2D eigenvalue weighted by Crippen LogP contribution is -2.43. The first-order valence-corrected chi connectivity index (χ1v) is 9.85. The summed E-state index contributed by atoms with van der Waals surface area (Å²) < 4.78 is 24.6. The number of nitrogens with zero attached hydrogens (tertiary/aromatic N) is 1. The molecule has 18 heavy (non-hydrogen) atoms. The van der Waals surface area contributed by atoms with Gasteiger partial charge in [-0.1, -0.05) is 0 Å². The Labute approximate surface area is 116 Å².